The molecule has 0 saturated carbocycles. The van der Waals surface area contributed by atoms with E-state index in [-0.39, 0.29) is 0 Å². The van der Waals surface area contributed by atoms with Gasteiger partial charge in [0.1, 0.15) is 0 Å². The summed E-state index contributed by atoms with van der Waals surface area (Å²) >= 11 is 2.11. The van der Waals surface area contributed by atoms with Gasteiger partial charge >= 0.3 is 0 Å². The Hall–Kier alpha value is 0.270. The second-order valence-electron chi connectivity index (χ2n) is 4.09. The molecule has 2 nitrogen and oxygen atoms in total. The Morgan fingerprint density at radius 1 is 1.46 bits per heavy atom. The first-order valence-corrected chi connectivity index (χ1v) is 6.37. The summed E-state index contributed by atoms with van der Waals surface area (Å²) in [7, 11) is 4.28. The predicted molar refractivity (Wildman–Crippen MR) is 61.5 cm³/mol. The highest BCUT2D eigenvalue weighted by molar-refractivity contribution is 7.99. The van der Waals surface area contributed by atoms with E-state index in [1.54, 1.807) is 0 Å². The molecule has 0 spiro atoms. The van der Waals surface area contributed by atoms with Crippen molar-refractivity contribution in [2.45, 2.75) is 12.8 Å². The van der Waals surface area contributed by atoms with Crippen molar-refractivity contribution in [3.63, 3.8) is 0 Å². The monoisotopic (exact) mass is 202 g/mol. The molecule has 0 aromatic carbocycles. The summed E-state index contributed by atoms with van der Waals surface area (Å²) in [4.78, 5) is 2.26. The zero-order chi connectivity index (χ0) is 9.52. The summed E-state index contributed by atoms with van der Waals surface area (Å²) in [6.07, 6.45) is 2.81. The Morgan fingerprint density at radius 2 is 2.31 bits per heavy atom. The molecule has 13 heavy (non-hydrogen) atoms. The van der Waals surface area contributed by atoms with Gasteiger partial charge in [0.25, 0.3) is 0 Å². The SMILES string of the molecule is CN(C)CCSCC1CCCNC1. The van der Waals surface area contributed by atoms with Crippen LogP contribution >= 0.6 is 11.8 Å². The van der Waals surface area contributed by atoms with Crippen LogP contribution in [0.1, 0.15) is 12.8 Å². The second kappa shape index (κ2) is 6.68. The van der Waals surface area contributed by atoms with Crippen LogP contribution in [-0.4, -0.2) is 50.1 Å². The molecule has 0 aromatic rings. The highest BCUT2D eigenvalue weighted by atomic mass is 32.2. The first-order chi connectivity index (χ1) is 6.29. The molecule has 1 unspecified atom stereocenters. The molecule has 0 bridgehead atoms. The lowest BCUT2D eigenvalue weighted by Gasteiger charge is -2.22. The molecular weight excluding hydrogens is 180 g/mol. The molecule has 0 radical (unpaired) electrons. The van der Waals surface area contributed by atoms with E-state index >= 15 is 0 Å². The van der Waals surface area contributed by atoms with Crippen molar-refractivity contribution in [1.29, 1.82) is 0 Å². The van der Waals surface area contributed by atoms with Gasteiger partial charge in [-0.05, 0) is 51.7 Å². The summed E-state index contributed by atoms with van der Waals surface area (Å²) < 4.78 is 0. The molecule has 1 aliphatic heterocycles. The van der Waals surface area contributed by atoms with Crippen LogP contribution in [0.3, 0.4) is 0 Å². The fourth-order valence-electron chi connectivity index (χ4n) is 1.56. The maximum Gasteiger partial charge on any atom is 0.00662 e. The van der Waals surface area contributed by atoms with Gasteiger partial charge in [0.05, 0.1) is 0 Å². The highest BCUT2D eigenvalue weighted by Crippen LogP contribution is 2.15. The van der Waals surface area contributed by atoms with E-state index in [9.17, 15) is 0 Å². The van der Waals surface area contributed by atoms with Crippen molar-refractivity contribution in [2.24, 2.45) is 5.92 Å². The van der Waals surface area contributed by atoms with Gasteiger partial charge in [-0.2, -0.15) is 11.8 Å². The van der Waals surface area contributed by atoms with Gasteiger partial charge in [-0.25, -0.2) is 0 Å². The maximum atomic E-state index is 3.46. The topological polar surface area (TPSA) is 15.3 Å². The minimum Gasteiger partial charge on any atom is -0.316 e. The minimum absolute atomic E-state index is 0.931. The number of hydrogen-bond donors (Lipinski definition) is 1. The van der Waals surface area contributed by atoms with Gasteiger partial charge in [0, 0.05) is 12.3 Å². The molecule has 0 aliphatic carbocycles. The van der Waals surface area contributed by atoms with E-state index in [0.717, 1.165) is 5.92 Å². The quantitative estimate of drug-likeness (QED) is 0.676. The number of hydrogen-bond acceptors (Lipinski definition) is 3. The van der Waals surface area contributed by atoms with Gasteiger partial charge in [0.15, 0.2) is 0 Å². The lowest BCUT2D eigenvalue weighted by molar-refractivity contribution is 0.409. The van der Waals surface area contributed by atoms with Gasteiger partial charge < -0.3 is 10.2 Å². The van der Waals surface area contributed by atoms with Crippen molar-refractivity contribution >= 4 is 11.8 Å². The third kappa shape index (κ3) is 5.55. The Labute approximate surface area is 86.5 Å². The number of rotatable bonds is 5. The Morgan fingerprint density at radius 3 is 2.92 bits per heavy atom. The smallest absolute Gasteiger partial charge is 0.00662 e. The molecule has 1 atom stereocenters. The van der Waals surface area contributed by atoms with E-state index in [1.165, 1.54) is 44.0 Å². The molecule has 1 fully saturated rings. The molecule has 1 rings (SSSR count). The van der Waals surface area contributed by atoms with E-state index in [1.807, 2.05) is 0 Å². The number of nitrogens with zero attached hydrogens (tertiary/aromatic N) is 1. The third-order valence-corrected chi connectivity index (χ3v) is 3.61. The van der Waals surface area contributed by atoms with Crippen LogP contribution in [-0.2, 0) is 0 Å². The van der Waals surface area contributed by atoms with Gasteiger partial charge in [0.2, 0.25) is 0 Å². The standard InChI is InChI=1S/C10H22N2S/c1-12(2)6-7-13-9-10-4-3-5-11-8-10/h10-11H,3-9H2,1-2H3. The Bertz CT molecular complexity index is 122. The molecule has 1 saturated heterocycles. The van der Waals surface area contributed by atoms with Crippen molar-refractivity contribution in [1.82, 2.24) is 10.2 Å². The predicted octanol–water partition coefficient (Wildman–Crippen LogP) is 1.28. The summed E-state index contributed by atoms with van der Waals surface area (Å²) in [6.45, 7) is 3.69. The molecule has 1 N–H and O–H groups in total. The zero-order valence-electron chi connectivity index (χ0n) is 8.88. The zero-order valence-corrected chi connectivity index (χ0v) is 9.70. The molecular formula is C10H22N2S. The lowest BCUT2D eigenvalue weighted by Crippen LogP contribution is -2.31. The summed E-state index contributed by atoms with van der Waals surface area (Å²) in [5, 5.41) is 3.46. The van der Waals surface area contributed by atoms with Gasteiger partial charge in [-0.1, -0.05) is 0 Å². The maximum absolute atomic E-state index is 3.46. The fourth-order valence-corrected chi connectivity index (χ4v) is 2.84. The van der Waals surface area contributed by atoms with Crippen molar-refractivity contribution in [2.75, 3.05) is 45.2 Å². The lowest BCUT2D eigenvalue weighted by atomic mass is 10.0. The first-order valence-electron chi connectivity index (χ1n) is 5.22. The van der Waals surface area contributed by atoms with Gasteiger partial charge in [-0.15, -0.1) is 0 Å². The van der Waals surface area contributed by atoms with Crippen LogP contribution < -0.4 is 5.32 Å². The fraction of sp³-hybridized carbons (Fsp3) is 1.00. The minimum atomic E-state index is 0.931. The van der Waals surface area contributed by atoms with Gasteiger partial charge in [-0.3, -0.25) is 0 Å². The Kier molecular flexibility index (Phi) is 5.83. The van der Waals surface area contributed by atoms with Crippen molar-refractivity contribution in [3.05, 3.63) is 0 Å². The van der Waals surface area contributed by atoms with E-state index < -0.39 is 0 Å². The summed E-state index contributed by atoms with van der Waals surface area (Å²) in [5.41, 5.74) is 0. The largest absolute Gasteiger partial charge is 0.316 e. The molecule has 0 amide bonds. The number of thioether (sulfide) groups is 1. The van der Waals surface area contributed by atoms with Crippen LogP contribution in [0.25, 0.3) is 0 Å². The van der Waals surface area contributed by atoms with E-state index in [2.05, 4.69) is 36.1 Å². The van der Waals surface area contributed by atoms with E-state index in [4.69, 9.17) is 0 Å². The van der Waals surface area contributed by atoms with Crippen LogP contribution in [0.5, 0.6) is 0 Å². The molecule has 0 aromatic heterocycles. The van der Waals surface area contributed by atoms with Crippen LogP contribution in [0.15, 0.2) is 0 Å². The highest BCUT2D eigenvalue weighted by Gasteiger charge is 2.12. The second-order valence-corrected chi connectivity index (χ2v) is 5.24. The third-order valence-electron chi connectivity index (χ3n) is 2.44. The summed E-state index contributed by atoms with van der Waals surface area (Å²) in [5.74, 6) is 3.56. The average molecular weight is 202 g/mol. The Balaban J connectivity index is 1.92. The van der Waals surface area contributed by atoms with Crippen molar-refractivity contribution in [3.8, 4) is 0 Å². The normalized spacial score (nSPS) is 23.8. The number of piperidine rings is 1. The molecule has 1 heterocycles. The van der Waals surface area contributed by atoms with E-state index in [0.29, 0.717) is 0 Å². The number of nitrogens with one attached hydrogen (secondary N) is 1. The van der Waals surface area contributed by atoms with Crippen LogP contribution in [0, 0.1) is 5.92 Å². The molecule has 78 valence electrons. The molecule has 1 aliphatic rings. The molecule has 3 heteroatoms. The average Bonchev–Trinajstić information content (AvgIpc) is 2.14. The van der Waals surface area contributed by atoms with Crippen LogP contribution in [0.4, 0.5) is 0 Å². The first kappa shape index (κ1) is 11.3. The summed E-state index contributed by atoms with van der Waals surface area (Å²) in [6, 6.07) is 0. The van der Waals surface area contributed by atoms with Crippen LogP contribution in [0.2, 0.25) is 0 Å². The van der Waals surface area contributed by atoms with Crippen molar-refractivity contribution < 1.29 is 0 Å².